The molecule has 0 saturated carbocycles. The highest BCUT2D eigenvalue weighted by Gasteiger charge is 2.12. The van der Waals surface area contributed by atoms with Crippen LogP contribution in [0.2, 0.25) is 0 Å². The Bertz CT molecular complexity index is 398. The van der Waals surface area contributed by atoms with Gasteiger partial charge in [0.1, 0.15) is 5.75 Å². The van der Waals surface area contributed by atoms with E-state index in [4.69, 9.17) is 16.3 Å². The van der Waals surface area contributed by atoms with Crippen LogP contribution in [0.1, 0.15) is 23.7 Å². The molecule has 0 heterocycles. The molecule has 0 aliphatic rings. The molecule has 0 aliphatic carbocycles. The summed E-state index contributed by atoms with van der Waals surface area (Å²) in [5.74, 6) is 0.492. The molecule has 17 heavy (non-hydrogen) atoms. The molecule has 3 nitrogen and oxygen atoms in total. The molecular formula is C12H15BrClNO2. The first kappa shape index (κ1) is 14.3. The van der Waals surface area contributed by atoms with E-state index in [1.165, 1.54) is 0 Å². The van der Waals surface area contributed by atoms with Gasteiger partial charge in [0.15, 0.2) is 0 Å². The van der Waals surface area contributed by atoms with Gasteiger partial charge in [0, 0.05) is 11.0 Å². The number of nitrogens with one attached hydrogen (secondary N) is 1. The van der Waals surface area contributed by atoms with E-state index in [9.17, 15) is 4.79 Å². The molecule has 1 unspecified atom stereocenters. The molecule has 1 N–H and O–H groups in total. The van der Waals surface area contributed by atoms with Crippen LogP contribution in [0.3, 0.4) is 0 Å². The molecule has 1 amide bonds. The lowest BCUT2D eigenvalue weighted by Crippen LogP contribution is -2.29. The van der Waals surface area contributed by atoms with Gasteiger partial charge in [-0.1, -0.05) is 6.92 Å². The van der Waals surface area contributed by atoms with Gasteiger partial charge in [-0.15, -0.1) is 11.6 Å². The monoisotopic (exact) mass is 319 g/mol. The second kappa shape index (κ2) is 6.87. The van der Waals surface area contributed by atoms with E-state index in [1.54, 1.807) is 25.3 Å². The molecule has 0 spiro atoms. The molecule has 5 heteroatoms. The Kier molecular flexibility index (Phi) is 5.78. The third-order valence-corrected chi connectivity index (χ3v) is 3.50. The van der Waals surface area contributed by atoms with E-state index in [0.29, 0.717) is 17.9 Å². The smallest absolute Gasteiger partial charge is 0.252 e. The molecule has 0 saturated heterocycles. The molecule has 0 fully saturated rings. The molecule has 0 radical (unpaired) electrons. The van der Waals surface area contributed by atoms with Crippen molar-refractivity contribution in [3.05, 3.63) is 28.2 Å². The predicted molar refractivity (Wildman–Crippen MR) is 73.0 cm³/mol. The van der Waals surface area contributed by atoms with Crippen molar-refractivity contribution in [2.75, 3.05) is 13.7 Å². The summed E-state index contributed by atoms with van der Waals surface area (Å²) in [6, 6.07) is 5.26. The number of carbonyl (C=O) groups excluding carboxylic acids is 1. The largest absolute Gasteiger partial charge is 0.497 e. The van der Waals surface area contributed by atoms with E-state index < -0.39 is 0 Å². The summed E-state index contributed by atoms with van der Waals surface area (Å²) in [7, 11) is 1.57. The van der Waals surface area contributed by atoms with Crippen molar-refractivity contribution in [1.29, 1.82) is 0 Å². The van der Waals surface area contributed by atoms with Crippen molar-refractivity contribution < 1.29 is 9.53 Å². The summed E-state index contributed by atoms with van der Waals surface area (Å²) in [6.07, 6.45) is 0.821. The van der Waals surface area contributed by atoms with Crippen molar-refractivity contribution in [3.8, 4) is 5.75 Å². The fraction of sp³-hybridized carbons (Fsp3) is 0.417. The van der Waals surface area contributed by atoms with Gasteiger partial charge in [0.2, 0.25) is 0 Å². The lowest BCUT2D eigenvalue weighted by atomic mass is 10.2. The molecule has 1 rings (SSSR count). The second-order valence-corrected chi connectivity index (χ2v) is 5.03. The first-order valence-corrected chi connectivity index (χ1v) is 6.57. The van der Waals surface area contributed by atoms with E-state index >= 15 is 0 Å². The van der Waals surface area contributed by atoms with Crippen LogP contribution in [-0.4, -0.2) is 24.9 Å². The van der Waals surface area contributed by atoms with Gasteiger partial charge in [0.05, 0.1) is 18.1 Å². The molecule has 1 atom stereocenters. The van der Waals surface area contributed by atoms with Crippen LogP contribution in [0.4, 0.5) is 0 Å². The first-order chi connectivity index (χ1) is 8.08. The number of benzene rings is 1. The Hall–Kier alpha value is -0.740. The zero-order valence-electron chi connectivity index (χ0n) is 9.80. The summed E-state index contributed by atoms with van der Waals surface area (Å²) in [6.45, 7) is 2.44. The lowest BCUT2D eigenvalue weighted by Gasteiger charge is -2.10. The zero-order valence-corrected chi connectivity index (χ0v) is 12.1. The summed E-state index contributed by atoms with van der Waals surface area (Å²) in [5, 5.41) is 2.75. The number of halogens is 2. The Balaban J connectivity index is 2.74. The van der Waals surface area contributed by atoms with Crippen LogP contribution >= 0.6 is 27.5 Å². The maximum Gasteiger partial charge on any atom is 0.252 e. The summed E-state index contributed by atoms with van der Waals surface area (Å²) < 4.78 is 5.81. The zero-order chi connectivity index (χ0) is 12.8. The Morgan fingerprint density at radius 2 is 2.29 bits per heavy atom. The van der Waals surface area contributed by atoms with Crippen LogP contribution in [0.5, 0.6) is 5.75 Å². The fourth-order valence-corrected chi connectivity index (χ4v) is 1.75. The number of rotatable bonds is 5. The molecule has 94 valence electrons. The third kappa shape index (κ3) is 4.21. The first-order valence-electron chi connectivity index (χ1n) is 5.34. The average Bonchev–Trinajstić information content (AvgIpc) is 2.36. The Morgan fingerprint density at radius 1 is 1.59 bits per heavy atom. The maximum atomic E-state index is 11.9. The van der Waals surface area contributed by atoms with Gasteiger partial charge in [-0.2, -0.15) is 0 Å². The van der Waals surface area contributed by atoms with Crippen LogP contribution < -0.4 is 10.1 Å². The van der Waals surface area contributed by atoms with Crippen molar-refractivity contribution in [2.24, 2.45) is 0 Å². The molecule has 1 aromatic carbocycles. The standard InChI is InChI=1S/C12H15BrClNO2/c1-3-8(14)7-15-12(16)10-6-9(17-2)4-5-11(10)13/h4-6,8H,3,7H2,1-2H3,(H,15,16). The van der Waals surface area contributed by atoms with Crippen molar-refractivity contribution in [1.82, 2.24) is 5.32 Å². The predicted octanol–water partition coefficient (Wildman–Crippen LogP) is 3.20. The average molecular weight is 321 g/mol. The number of carbonyl (C=O) groups is 1. The van der Waals surface area contributed by atoms with Crippen molar-refractivity contribution in [2.45, 2.75) is 18.7 Å². The number of amides is 1. The van der Waals surface area contributed by atoms with Crippen LogP contribution in [-0.2, 0) is 0 Å². The van der Waals surface area contributed by atoms with Gasteiger partial charge < -0.3 is 10.1 Å². The summed E-state index contributed by atoms with van der Waals surface area (Å²) >= 11 is 9.28. The quantitative estimate of drug-likeness (QED) is 0.846. The van der Waals surface area contributed by atoms with E-state index in [2.05, 4.69) is 21.2 Å². The van der Waals surface area contributed by atoms with Crippen molar-refractivity contribution >= 4 is 33.4 Å². The Labute approximate surface area is 115 Å². The van der Waals surface area contributed by atoms with Gasteiger partial charge in [-0.3, -0.25) is 4.79 Å². The topological polar surface area (TPSA) is 38.3 Å². The van der Waals surface area contributed by atoms with Gasteiger partial charge >= 0.3 is 0 Å². The van der Waals surface area contributed by atoms with Gasteiger partial charge in [-0.25, -0.2) is 0 Å². The van der Waals surface area contributed by atoms with Gasteiger partial charge in [0.25, 0.3) is 5.91 Å². The number of hydrogen-bond donors (Lipinski definition) is 1. The molecule has 0 bridgehead atoms. The van der Waals surface area contributed by atoms with Crippen molar-refractivity contribution in [3.63, 3.8) is 0 Å². The lowest BCUT2D eigenvalue weighted by molar-refractivity contribution is 0.0952. The molecular weight excluding hydrogens is 305 g/mol. The van der Waals surface area contributed by atoms with E-state index in [1.807, 2.05) is 6.92 Å². The SMILES string of the molecule is CCC(Cl)CNC(=O)c1cc(OC)ccc1Br. The molecule has 0 aromatic heterocycles. The number of hydrogen-bond acceptors (Lipinski definition) is 2. The Morgan fingerprint density at radius 3 is 2.88 bits per heavy atom. The summed E-state index contributed by atoms with van der Waals surface area (Å²) in [5.41, 5.74) is 0.546. The summed E-state index contributed by atoms with van der Waals surface area (Å²) in [4.78, 5) is 11.9. The fourth-order valence-electron chi connectivity index (χ4n) is 1.25. The minimum absolute atomic E-state index is 0.0386. The maximum absolute atomic E-state index is 11.9. The number of alkyl halides is 1. The molecule has 1 aromatic rings. The number of ether oxygens (including phenoxy) is 1. The molecule has 0 aliphatic heterocycles. The van der Waals surface area contributed by atoms with Gasteiger partial charge in [-0.05, 0) is 40.5 Å². The van der Waals surface area contributed by atoms with E-state index in [0.717, 1.165) is 10.9 Å². The third-order valence-electron chi connectivity index (χ3n) is 2.35. The number of methoxy groups -OCH3 is 1. The normalized spacial score (nSPS) is 12.0. The highest BCUT2D eigenvalue weighted by atomic mass is 79.9. The highest BCUT2D eigenvalue weighted by molar-refractivity contribution is 9.10. The van der Waals surface area contributed by atoms with Crippen LogP contribution in [0, 0.1) is 0 Å². The highest BCUT2D eigenvalue weighted by Crippen LogP contribution is 2.22. The second-order valence-electron chi connectivity index (χ2n) is 3.56. The van der Waals surface area contributed by atoms with Crippen LogP contribution in [0.15, 0.2) is 22.7 Å². The van der Waals surface area contributed by atoms with Crippen LogP contribution in [0.25, 0.3) is 0 Å². The minimum atomic E-state index is -0.158. The minimum Gasteiger partial charge on any atom is -0.497 e. The van der Waals surface area contributed by atoms with E-state index in [-0.39, 0.29) is 11.3 Å².